The molecule has 1 aliphatic heterocycles. The van der Waals surface area contributed by atoms with Crippen LogP contribution in [0.4, 0.5) is 11.4 Å². The van der Waals surface area contributed by atoms with Crippen LogP contribution >= 0.6 is 0 Å². The maximum atomic E-state index is 13.1. The number of ether oxygens (including phenoxy) is 1. The zero-order chi connectivity index (χ0) is 24.2. The number of benzene rings is 1. The molecule has 9 heteroatoms. The first-order chi connectivity index (χ1) is 15.9. The summed E-state index contributed by atoms with van der Waals surface area (Å²) in [4.78, 5) is 39.1. The van der Waals surface area contributed by atoms with Crippen LogP contribution in [0.5, 0.6) is 0 Å². The van der Waals surface area contributed by atoms with E-state index in [1.165, 1.54) is 0 Å². The van der Waals surface area contributed by atoms with E-state index in [2.05, 4.69) is 15.5 Å². The molecule has 3 atom stereocenters. The predicted molar refractivity (Wildman–Crippen MR) is 127 cm³/mol. The molecule has 3 amide bonds. The summed E-state index contributed by atoms with van der Waals surface area (Å²) in [6.45, 7) is 8.86. The molecule has 1 aliphatic rings. The first-order valence-electron chi connectivity index (χ1n) is 11.8. The Balaban J connectivity index is 2.05. The van der Waals surface area contributed by atoms with Gasteiger partial charge in [0.1, 0.15) is 6.04 Å². The molecule has 9 nitrogen and oxygen atoms in total. The molecule has 1 aromatic rings. The van der Waals surface area contributed by atoms with E-state index in [0.29, 0.717) is 36.8 Å². The lowest BCUT2D eigenvalue weighted by Crippen LogP contribution is -2.50. The van der Waals surface area contributed by atoms with Gasteiger partial charge in [-0.15, -0.1) is 0 Å². The number of hydroxylamine groups is 2. The molecule has 184 valence electrons. The summed E-state index contributed by atoms with van der Waals surface area (Å²) in [6, 6.07) is 6.92. The number of carbonyl (C=O) groups is 3. The van der Waals surface area contributed by atoms with Gasteiger partial charge in [0, 0.05) is 24.5 Å². The van der Waals surface area contributed by atoms with E-state index < -0.39 is 12.0 Å². The molecule has 0 bridgehead atoms. The van der Waals surface area contributed by atoms with E-state index in [0.717, 1.165) is 31.6 Å². The van der Waals surface area contributed by atoms with Gasteiger partial charge in [0.05, 0.1) is 25.7 Å². The van der Waals surface area contributed by atoms with E-state index in [9.17, 15) is 19.6 Å². The molecular formula is C24H38N4O5. The molecule has 1 fully saturated rings. The molecule has 2 rings (SSSR count). The second-order valence-corrected chi connectivity index (χ2v) is 8.57. The lowest BCUT2D eigenvalue weighted by molar-refractivity contribution is -0.155. The van der Waals surface area contributed by atoms with Gasteiger partial charge in [-0.25, -0.2) is 5.06 Å². The van der Waals surface area contributed by atoms with Crippen LogP contribution in [0.15, 0.2) is 24.3 Å². The van der Waals surface area contributed by atoms with Crippen LogP contribution in [0.25, 0.3) is 0 Å². The first-order valence-corrected chi connectivity index (χ1v) is 11.8. The number of unbranched alkanes of at least 4 members (excludes halogenated alkanes) is 1. The van der Waals surface area contributed by atoms with Gasteiger partial charge in [-0.05, 0) is 36.6 Å². The van der Waals surface area contributed by atoms with E-state index in [4.69, 9.17) is 4.74 Å². The number of rotatable bonds is 13. The fourth-order valence-electron chi connectivity index (χ4n) is 3.79. The van der Waals surface area contributed by atoms with Gasteiger partial charge in [0.15, 0.2) is 0 Å². The Bertz CT molecular complexity index is 752. The average molecular weight is 463 g/mol. The van der Waals surface area contributed by atoms with Crippen molar-refractivity contribution in [3.63, 3.8) is 0 Å². The summed E-state index contributed by atoms with van der Waals surface area (Å²) in [6.07, 6.45) is 3.16. The van der Waals surface area contributed by atoms with Gasteiger partial charge in [-0.1, -0.05) is 40.0 Å². The summed E-state index contributed by atoms with van der Waals surface area (Å²) >= 11 is 0. The zero-order valence-electron chi connectivity index (χ0n) is 20.0. The van der Waals surface area contributed by atoms with E-state index in [-0.39, 0.29) is 30.7 Å². The Morgan fingerprint density at radius 3 is 2.42 bits per heavy atom. The SMILES string of the molecule is CCCC[C@H](CN(O)C=O)C(=O)N[C@H](C(=O)Nc1ccc(N2CCOCC2)cc1)C(C)CC. The number of hydrogen-bond acceptors (Lipinski definition) is 6. The van der Waals surface area contributed by atoms with Crippen molar-refractivity contribution in [3.8, 4) is 0 Å². The molecule has 0 radical (unpaired) electrons. The highest BCUT2D eigenvalue weighted by Crippen LogP contribution is 2.20. The highest BCUT2D eigenvalue weighted by atomic mass is 16.5. The van der Waals surface area contributed by atoms with E-state index in [1.54, 1.807) is 0 Å². The quantitative estimate of drug-likeness (QED) is 0.236. The topological polar surface area (TPSA) is 111 Å². The third-order valence-electron chi connectivity index (χ3n) is 6.11. The largest absolute Gasteiger partial charge is 0.378 e. The van der Waals surface area contributed by atoms with E-state index >= 15 is 0 Å². The van der Waals surface area contributed by atoms with Crippen molar-refractivity contribution in [1.82, 2.24) is 10.4 Å². The molecule has 33 heavy (non-hydrogen) atoms. The number of nitrogens with one attached hydrogen (secondary N) is 2. The number of carbonyl (C=O) groups excluding carboxylic acids is 3. The number of nitrogens with zero attached hydrogens (tertiary/aromatic N) is 2. The first kappa shape index (κ1) is 26.6. The Hall–Kier alpha value is -2.65. The molecule has 0 saturated carbocycles. The number of amides is 3. The molecule has 1 unspecified atom stereocenters. The van der Waals surface area contributed by atoms with Crippen molar-refractivity contribution in [2.75, 3.05) is 43.1 Å². The minimum absolute atomic E-state index is 0.0929. The maximum absolute atomic E-state index is 13.1. The zero-order valence-corrected chi connectivity index (χ0v) is 20.0. The van der Waals surface area contributed by atoms with E-state index in [1.807, 2.05) is 45.0 Å². The second-order valence-electron chi connectivity index (χ2n) is 8.57. The standard InChI is InChI=1S/C24H38N4O5/c1-4-6-7-19(16-28(32)17-29)23(30)26-22(18(3)5-2)24(31)25-20-8-10-21(11-9-20)27-12-14-33-15-13-27/h8-11,17-19,22,32H,4-7,12-16H2,1-3H3,(H,25,31)(H,26,30)/t18?,19-,22+/m1/s1. The summed E-state index contributed by atoms with van der Waals surface area (Å²) in [7, 11) is 0. The summed E-state index contributed by atoms with van der Waals surface area (Å²) < 4.78 is 5.39. The summed E-state index contributed by atoms with van der Waals surface area (Å²) in [5, 5.41) is 15.8. The highest BCUT2D eigenvalue weighted by Gasteiger charge is 2.29. The molecule has 0 aliphatic carbocycles. The lowest BCUT2D eigenvalue weighted by atomic mass is 9.95. The predicted octanol–water partition coefficient (Wildman–Crippen LogP) is 2.65. The van der Waals surface area contributed by atoms with Crippen LogP contribution < -0.4 is 15.5 Å². The third kappa shape index (κ3) is 8.33. The van der Waals surface area contributed by atoms with Gasteiger partial charge in [0.25, 0.3) is 0 Å². The van der Waals surface area contributed by atoms with Gasteiger partial charge in [0.2, 0.25) is 18.2 Å². The van der Waals surface area contributed by atoms with Crippen molar-refractivity contribution in [2.24, 2.45) is 11.8 Å². The fourth-order valence-corrected chi connectivity index (χ4v) is 3.79. The van der Waals surface area contributed by atoms with Gasteiger partial charge in [-0.3, -0.25) is 19.6 Å². The fraction of sp³-hybridized carbons (Fsp3) is 0.625. The number of hydrogen-bond donors (Lipinski definition) is 3. The Morgan fingerprint density at radius 1 is 1.18 bits per heavy atom. The van der Waals surface area contributed by atoms with Crippen LogP contribution in [0.2, 0.25) is 0 Å². The minimum atomic E-state index is -0.728. The molecule has 0 spiro atoms. The summed E-state index contributed by atoms with van der Waals surface area (Å²) in [5.74, 6) is -1.31. The highest BCUT2D eigenvalue weighted by molar-refractivity contribution is 5.97. The molecule has 0 aromatic heterocycles. The number of morpholine rings is 1. The number of anilines is 2. The molecular weight excluding hydrogens is 424 g/mol. The molecule has 1 aromatic carbocycles. The van der Waals surface area contributed by atoms with Crippen LogP contribution in [-0.2, 0) is 19.1 Å². The minimum Gasteiger partial charge on any atom is -0.378 e. The van der Waals surface area contributed by atoms with Crippen LogP contribution in [0.1, 0.15) is 46.5 Å². The van der Waals surface area contributed by atoms with Crippen LogP contribution in [0.3, 0.4) is 0 Å². The molecule has 1 saturated heterocycles. The average Bonchev–Trinajstić information content (AvgIpc) is 2.85. The summed E-state index contributed by atoms with van der Waals surface area (Å²) in [5.41, 5.74) is 1.73. The monoisotopic (exact) mass is 462 g/mol. The Labute approximate surface area is 196 Å². The van der Waals surface area contributed by atoms with Crippen molar-refractivity contribution in [2.45, 2.75) is 52.5 Å². The normalized spacial score (nSPS) is 16.4. The lowest BCUT2D eigenvalue weighted by Gasteiger charge is -2.29. The van der Waals surface area contributed by atoms with Crippen molar-refractivity contribution in [1.29, 1.82) is 0 Å². The van der Waals surface area contributed by atoms with Crippen molar-refractivity contribution >= 4 is 29.6 Å². The van der Waals surface area contributed by atoms with Crippen LogP contribution in [-0.4, -0.2) is 67.4 Å². The van der Waals surface area contributed by atoms with Gasteiger partial charge < -0.3 is 20.3 Å². The van der Waals surface area contributed by atoms with Crippen molar-refractivity contribution in [3.05, 3.63) is 24.3 Å². The Morgan fingerprint density at radius 2 is 1.85 bits per heavy atom. The molecule has 1 heterocycles. The van der Waals surface area contributed by atoms with Gasteiger partial charge >= 0.3 is 0 Å². The third-order valence-corrected chi connectivity index (χ3v) is 6.11. The van der Waals surface area contributed by atoms with Gasteiger partial charge in [-0.2, -0.15) is 0 Å². The molecule has 3 N–H and O–H groups in total. The van der Waals surface area contributed by atoms with Crippen LogP contribution in [0, 0.1) is 11.8 Å². The second kappa shape index (κ2) is 13.8. The Kier molecular flexibility index (Phi) is 11.1. The van der Waals surface area contributed by atoms with Crippen molar-refractivity contribution < 1.29 is 24.3 Å². The smallest absolute Gasteiger partial charge is 0.247 e. The maximum Gasteiger partial charge on any atom is 0.247 e.